The van der Waals surface area contributed by atoms with Crippen molar-refractivity contribution in [1.82, 2.24) is 0 Å². The summed E-state index contributed by atoms with van der Waals surface area (Å²) in [6, 6.07) is 0. The fourth-order valence-corrected chi connectivity index (χ4v) is 0. The summed E-state index contributed by atoms with van der Waals surface area (Å²) < 4.78 is 0. The first-order valence-electron chi connectivity index (χ1n) is 0.775. The van der Waals surface area contributed by atoms with Crippen LogP contribution in [0.3, 0.4) is 0 Å². The van der Waals surface area contributed by atoms with Crippen molar-refractivity contribution in [2.45, 2.75) is 0 Å². The van der Waals surface area contributed by atoms with Crippen molar-refractivity contribution in [3.63, 3.8) is 0 Å². The van der Waals surface area contributed by atoms with Gasteiger partial charge >= 0.3 is 7.32 Å². The predicted octanol–water partition coefficient (Wildman–Crippen LogP) is -3.24. The molecule has 0 aliphatic heterocycles. The van der Waals surface area contributed by atoms with E-state index in [1.54, 1.807) is 0 Å². The summed E-state index contributed by atoms with van der Waals surface area (Å²) in [4.78, 5) is 0. The molecule has 3 N–H and O–H groups in total. The second-order valence-corrected chi connectivity index (χ2v) is 0.346. The maximum Gasteiger partial charge on any atom is 0.631 e. The van der Waals surface area contributed by atoms with E-state index in [9.17, 15) is 0 Å². The molecule has 0 fully saturated rings. The number of hydrogen-bond donors (Lipinski definition) is 3. The average molecular weight is 244 g/mol. The van der Waals surface area contributed by atoms with Crippen molar-refractivity contribution in [1.29, 1.82) is 0 Å². The van der Waals surface area contributed by atoms with Gasteiger partial charge in [0.05, 0.1) is 0 Å². The minimum Gasteiger partial charge on any atom is -0.402 e. The first-order valence-corrected chi connectivity index (χ1v) is 0.775. The zero-order valence-corrected chi connectivity index (χ0v) is 4.72. The summed E-state index contributed by atoms with van der Waals surface area (Å²) in [6.07, 6.45) is 0. The van der Waals surface area contributed by atoms with E-state index in [1.165, 1.54) is 0 Å². The van der Waals surface area contributed by atoms with Gasteiger partial charge in [-0.2, -0.15) is 0 Å². The molecule has 0 unspecified atom stereocenters. The molecule has 0 aromatic heterocycles. The normalized spacial score (nSPS) is 4.50. The molecule has 37 valence electrons. The maximum absolute atomic E-state index is 7.17. The molecule has 0 aromatic rings. The summed E-state index contributed by atoms with van der Waals surface area (Å²) >= 11 is 0. The molecule has 0 aromatic carbocycles. The van der Waals surface area contributed by atoms with Gasteiger partial charge < -0.3 is 15.1 Å². The zero-order valence-electron chi connectivity index (χ0n) is 2.30. The minimum atomic E-state index is -2.17. The molecule has 0 bridgehead atoms. The van der Waals surface area contributed by atoms with Gasteiger partial charge in [-0.25, -0.2) is 0 Å². The summed E-state index contributed by atoms with van der Waals surface area (Å²) in [6.45, 7) is 0. The second kappa shape index (κ2) is 10.1. The van der Waals surface area contributed by atoms with E-state index in [4.69, 9.17) is 15.1 Å². The minimum absolute atomic E-state index is 0. The largest absolute Gasteiger partial charge is 0.631 e. The van der Waals surface area contributed by atoms with E-state index < -0.39 is 7.32 Å². The Balaban J connectivity index is -0.0000000450. The van der Waals surface area contributed by atoms with Crippen LogP contribution in [0.2, 0.25) is 0 Å². The number of rotatable bonds is 0. The standard InChI is InChI=1S/Al.BH3O3.Eu.3H/c;2-1(3)4;;;;/h;2-4H;;;;. The van der Waals surface area contributed by atoms with Gasteiger partial charge in [0.1, 0.15) is 0 Å². The smallest absolute Gasteiger partial charge is 0.402 e. The van der Waals surface area contributed by atoms with E-state index in [0.29, 0.717) is 0 Å². The Hall–Kier alpha value is 2.06. The van der Waals surface area contributed by atoms with Gasteiger partial charge in [-0.15, -0.1) is 0 Å². The van der Waals surface area contributed by atoms with E-state index >= 15 is 0 Å². The van der Waals surface area contributed by atoms with E-state index in [1.807, 2.05) is 0 Å². The maximum atomic E-state index is 7.17. The Morgan fingerprint density at radius 3 is 1.00 bits per heavy atom. The van der Waals surface area contributed by atoms with Crippen LogP contribution >= 0.6 is 0 Å². The van der Waals surface area contributed by atoms with Gasteiger partial charge in [-0.1, -0.05) is 0 Å². The van der Waals surface area contributed by atoms with Crippen molar-refractivity contribution >= 4 is 24.7 Å². The summed E-state index contributed by atoms with van der Waals surface area (Å²) in [7, 11) is -2.17. The molecule has 6 heteroatoms. The van der Waals surface area contributed by atoms with Crippen molar-refractivity contribution < 1.29 is 64.4 Å². The van der Waals surface area contributed by atoms with Crippen LogP contribution in [0.25, 0.3) is 0 Å². The van der Waals surface area contributed by atoms with E-state index in [-0.39, 0.29) is 66.7 Å². The molecule has 0 aliphatic rings. The number of hydrogen-bond acceptors (Lipinski definition) is 3. The van der Waals surface area contributed by atoms with Crippen LogP contribution in [-0.2, 0) is 0 Å². The first kappa shape index (κ1) is 15.7. The van der Waals surface area contributed by atoms with Gasteiger partial charge in [0.25, 0.3) is 0 Å². The van der Waals surface area contributed by atoms with Crippen molar-refractivity contribution in [3.8, 4) is 0 Å². The van der Waals surface area contributed by atoms with E-state index in [2.05, 4.69) is 0 Å². The fourth-order valence-electron chi connectivity index (χ4n) is 0. The molecule has 1 radical (unpaired) electrons. The predicted molar refractivity (Wildman–Crippen MR) is 22.3 cm³/mol. The molecule has 0 atom stereocenters. The molecule has 0 saturated carbocycles. The second-order valence-electron chi connectivity index (χ2n) is 0.346. The Kier molecular flexibility index (Phi) is 26.5. The molecule has 0 saturated heterocycles. The molecule has 0 rings (SSSR count). The van der Waals surface area contributed by atoms with Crippen LogP contribution in [0.15, 0.2) is 0 Å². The summed E-state index contributed by atoms with van der Waals surface area (Å²) in [5.41, 5.74) is 0. The van der Waals surface area contributed by atoms with Gasteiger partial charge in [-0.05, 0) is 0 Å². The van der Waals surface area contributed by atoms with Crippen molar-refractivity contribution in [2.75, 3.05) is 0 Å². The third-order valence-electron chi connectivity index (χ3n) is 0. The van der Waals surface area contributed by atoms with Gasteiger partial charge in [0, 0.05) is 49.4 Å². The zero-order chi connectivity index (χ0) is 3.58. The Morgan fingerprint density at radius 2 is 1.00 bits per heavy atom. The fraction of sp³-hybridized carbons (Fsp3) is 0. The van der Waals surface area contributed by atoms with Crippen LogP contribution in [0.4, 0.5) is 0 Å². The Morgan fingerprint density at radius 1 is 1.00 bits per heavy atom. The van der Waals surface area contributed by atoms with Crippen molar-refractivity contribution in [2.24, 2.45) is 0 Å². The van der Waals surface area contributed by atoms with Crippen LogP contribution in [0.1, 0.15) is 0 Å². The summed E-state index contributed by atoms with van der Waals surface area (Å²) in [5.74, 6) is 0. The third kappa shape index (κ3) is 36.5. The molecular formula is H6AlBEuO3. The molecule has 3 nitrogen and oxygen atoms in total. The molecule has 0 amide bonds. The van der Waals surface area contributed by atoms with E-state index in [0.717, 1.165) is 0 Å². The Labute approximate surface area is 87.6 Å². The monoisotopic (exact) mass is 245 g/mol. The van der Waals surface area contributed by atoms with Gasteiger partial charge in [0.2, 0.25) is 0 Å². The van der Waals surface area contributed by atoms with Crippen LogP contribution < -0.4 is 0 Å². The van der Waals surface area contributed by atoms with Crippen molar-refractivity contribution in [3.05, 3.63) is 0 Å². The summed E-state index contributed by atoms with van der Waals surface area (Å²) in [5, 5.41) is 21.5. The SMILES string of the molecule is OB(O)O.[AlH3].[Eu]. The van der Waals surface area contributed by atoms with Crippen LogP contribution in [0.5, 0.6) is 0 Å². The molecule has 0 heterocycles. The van der Waals surface area contributed by atoms with Gasteiger partial charge in [-0.3, -0.25) is 0 Å². The molecule has 0 aliphatic carbocycles. The third-order valence-corrected chi connectivity index (χ3v) is 0. The average Bonchev–Trinajstić information content (AvgIpc) is 0.811. The molecule has 0 spiro atoms. The Bertz CT molecular complexity index is 15.5. The molecular weight excluding hydrogens is 238 g/mol. The van der Waals surface area contributed by atoms with Crippen LogP contribution in [-0.4, -0.2) is 39.8 Å². The molecule has 6 heavy (non-hydrogen) atoms. The van der Waals surface area contributed by atoms with Crippen LogP contribution in [0, 0.1) is 49.4 Å². The first-order chi connectivity index (χ1) is 1.73. The van der Waals surface area contributed by atoms with Gasteiger partial charge in [0.15, 0.2) is 17.4 Å². The quantitative estimate of drug-likeness (QED) is 0.392. The topological polar surface area (TPSA) is 60.7 Å².